The van der Waals surface area contributed by atoms with E-state index in [0.717, 1.165) is 5.69 Å². The Labute approximate surface area is 109 Å². The third kappa shape index (κ3) is 3.74. The molecule has 0 bridgehead atoms. The summed E-state index contributed by atoms with van der Waals surface area (Å²) in [6.07, 6.45) is 0. The highest BCUT2D eigenvalue weighted by Gasteiger charge is 2.05. The summed E-state index contributed by atoms with van der Waals surface area (Å²) in [7, 11) is 0. The Kier molecular flexibility index (Phi) is 3.70. The smallest absolute Gasteiger partial charge is 0.308 e. The van der Waals surface area contributed by atoms with Crippen molar-refractivity contribution in [2.75, 3.05) is 10.6 Å². The topological polar surface area (TPSA) is 66.9 Å². The van der Waals surface area contributed by atoms with Gasteiger partial charge in [0.05, 0.1) is 0 Å². The van der Waals surface area contributed by atoms with Crippen LogP contribution in [0.15, 0.2) is 30.3 Å². The molecule has 1 heterocycles. The first-order chi connectivity index (χ1) is 9.02. The lowest BCUT2D eigenvalue weighted by Gasteiger charge is -2.08. The van der Waals surface area contributed by atoms with E-state index in [4.69, 9.17) is 0 Å². The van der Waals surface area contributed by atoms with E-state index in [1.54, 1.807) is 13.0 Å². The average Bonchev–Trinajstić information content (AvgIpc) is 2.30. The van der Waals surface area contributed by atoms with Gasteiger partial charge in [0.25, 0.3) is 0 Å². The fourth-order valence-electron chi connectivity index (χ4n) is 1.59. The maximum absolute atomic E-state index is 12.7. The number of amides is 2. The standard InChI is InChI=1S/C13H13FN4O/c1-8-7-12(16-9(2)15-8)18-13(19)17-11-5-3-10(14)4-6-11/h3-7H,1-2H3,(H2,15,16,17,18,19). The molecule has 2 amide bonds. The largest absolute Gasteiger partial charge is 0.324 e. The van der Waals surface area contributed by atoms with Crippen LogP contribution in [0.2, 0.25) is 0 Å². The number of aromatic nitrogens is 2. The summed E-state index contributed by atoms with van der Waals surface area (Å²) >= 11 is 0. The van der Waals surface area contributed by atoms with Crippen LogP contribution < -0.4 is 10.6 Å². The maximum atomic E-state index is 12.7. The Hall–Kier alpha value is -2.50. The third-order valence-corrected chi connectivity index (χ3v) is 2.31. The van der Waals surface area contributed by atoms with Gasteiger partial charge in [0.2, 0.25) is 0 Å². The number of rotatable bonds is 2. The van der Waals surface area contributed by atoms with Crippen LogP contribution in [0.3, 0.4) is 0 Å². The van der Waals surface area contributed by atoms with Crippen molar-refractivity contribution in [2.24, 2.45) is 0 Å². The predicted molar refractivity (Wildman–Crippen MR) is 70.5 cm³/mol. The van der Waals surface area contributed by atoms with Crippen molar-refractivity contribution in [2.45, 2.75) is 13.8 Å². The molecule has 6 heteroatoms. The number of anilines is 2. The summed E-state index contributed by atoms with van der Waals surface area (Å²) in [6.45, 7) is 3.56. The Balaban J connectivity index is 2.03. The van der Waals surface area contributed by atoms with Crippen LogP contribution in [-0.2, 0) is 0 Å². The Morgan fingerprint density at radius 1 is 1.11 bits per heavy atom. The van der Waals surface area contributed by atoms with Crippen LogP contribution in [0.4, 0.5) is 20.7 Å². The number of benzene rings is 1. The second kappa shape index (κ2) is 5.43. The monoisotopic (exact) mass is 260 g/mol. The quantitative estimate of drug-likeness (QED) is 0.872. The molecule has 0 fully saturated rings. The molecule has 0 aliphatic heterocycles. The van der Waals surface area contributed by atoms with Crippen LogP contribution in [-0.4, -0.2) is 16.0 Å². The molecule has 0 aliphatic rings. The number of carbonyl (C=O) groups excluding carboxylic acids is 1. The summed E-state index contributed by atoms with van der Waals surface area (Å²) in [6, 6.07) is 6.72. The van der Waals surface area contributed by atoms with Crippen molar-refractivity contribution < 1.29 is 9.18 Å². The number of hydrogen-bond acceptors (Lipinski definition) is 3. The summed E-state index contributed by atoms with van der Waals surface area (Å²) in [5.74, 6) is 0.648. The third-order valence-electron chi connectivity index (χ3n) is 2.31. The van der Waals surface area contributed by atoms with Gasteiger partial charge in [-0.25, -0.2) is 19.2 Å². The van der Waals surface area contributed by atoms with Crippen molar-refractivity contribution >= 4 is 17.5 Å². The van der Waals surface area contributed by atoms with Crippen LogP contribution in [0.5, 0.6) is 0 Å². The fraction of sp³-hybridized carbons (Fsp3) is 0.154. The SMILES string of the molecule is Cc1cc(NC(=O)Nc2ccc(F)cc2)nc(C)n1. The van der Waals surface area contributed by atoms with Crippen molar-refractivity contribution in [1.29, 1.82) is 0 Å². The van der Waals surface area contributed by atoms with E-state index >= 15 is 0 Å². The summed E-state index contributed by atoms with van der Waals surface area (Å²) in [4.78, 5) is 19.9. The molecular weight excluding hydrogens is 247 g/mol. The number of urea groups is 1. The first kappa shape index (κ1) is 12.9. The molecule has 0 atom stereocenters. The normalized spacial score (nSPS) is 10.1. The van der Waals surface area contributed by atoms with Gasteiger partial charge in [0, 0.05) is 17.4 Å². The van der Waals surface area contributed by atoms with Gasteiger partial charge in [-0.15, -0.1) is 0 Å². The van der Waals surface area contributed by atoms with Gasteiger partial charge in [-0.2, -0.15) is 0 Å². The lowest BCUT2D eigenvalue weighted by Crippen LogP contribution is -2.20. The Morgan fingerprint density at radius 3 is 2.42 bits per heavy atom. The van der Waals surface area contributed by atoms with Gasteiger partial charge in [0.1, 0.15) is 17.5 Å². The Bertz CT molecular complexity index is 578. The van der Waals surface area contributed by atoms with E-state index in [1.165, 1.54) is 24.3 Å². The molecule has 0 unspecified atom stereocenters. The molecule has 2 aromatic rings. The number of nitrogens with one attached hydrogen (secondary N) is 2. The molecule has 98 valence electrons. The molecule has 0 saturated carbocycles. The van der Waals surface area contributed by atoms with Gasteiger partial charge < -0.3 is 5.32 Å². The zero-order valence-corrected chi connectivity index (χ0v) is 10.6. The van der Waals surface area contributed by atoms with Crippen LogP contribution in [0, 0.1) is 19.7 Å². The minimum Gasteiger partial charge on any atom is -0.308 e. The fourth-order valence-corrected chi connectivity index (χ4v) is 1.59. The first-order valence-electron chi connectivity index (χ1n) is 5.69. The number of hydrogen-bond donors (Lipinski definition) is 2. The molecular formula is C13H13FN4O. The molecule has 0 radical (unpaired) electrons. The van der Waals surface area contributed by atoms with Crippen molar-refractivity contribution in [1.82, 2.24) is 9.97 Å². The van der Waals surface area contributed by atoms with Gasteiger partial charge in [-0.1, -0.05) is 0 Å². The minimum atomic E-state index is -0.441. The zero-order valence-electron chi connectivity index (χ0n) is 10.6. The van der Waals surface area contributed by atoms with E-state index < -0.39 is 6.03 Å². The van der Waals surface area contributed by atoms with Gasteiger partial charge in [-0.05, 0) is 38.1 Å². The van der Waals surface area contributed by atoms with E-state index in [-0.39, 0.29) is 5.82 Å². The molecule has 2 rings (SSSR count). The minimum absolute atomic E-state index is 0.354. The number of aryl methyl sites for hydroxylation is 2. The highest BCUT2D eigenvalue weighted by atomic mass is 19.1. The summed E-state index contributed by atoms with van der Waals surface area (Å²) in [5.41, 5.74) is 1.27. The summed E-state index contributed by atoms with van der Waals surface area (Å²) < 4.78 is 12.7. The lowest BCUT2D eigenvalue weighted by atomic mass is 10.3. The van der Waals surface area contributed by atoms with Gasteiger partial charge in [0.15, 0.2) is 0 Å². The molecule has 1 aromatic heterocycles. The Morgan fingerprint density at radius 2 is 1.79 bits per heavy atom. The molecule has 1 aromatic carbocycles. The maximum Gasteiger partial charge on any atom is 0.324 e. The number of carbonyl (C=O) groups is 1. The predicted octanol–water partition coefficient (Wildman–Crippen LogP) is 2.88. The average molecular weight is 260 g/mol. The summed E-state index contributed by atoms with van der Waals surface area (Å²) in [5, 5.41) is 5.17. The van der Waals surface area contributed by atoms with Crippen LogP contribution >= 0.6 is 0 Å². The van der Waals surface area contributed by atoms with Crippen molar-refractivity contribution in [3.8, 4) is 0 Å². The molecule has 2 N–H and O–H groups in total. The highest BCUT2D eigenvalue weighted by Crippen LogP contribution is 2.10. The second-order valence-corrected chi connectivity index (χ2v) is 4.03. The van der Waals surface area contributed by atoms with Crippen LogP contribution in [0.25, 0.3) is 0 Å². The highest BCUT2D eigenvalue weighted by molar-refractivity contribution is 5.99. The molecule has 5 nitrogen and oxygen atoms in total. The molecule has 0 spiro atoms. The number of nitrogens with zero attached hydrogens (tertiary/aromatic N) is 2. The van der Waals surface area contributed by atoms with E-state index in [0.29, 0.717) is 17.3 Å². The van der Waals surface area contributed by atoms with Gasteiger partial charge >= 0.3 is 6.03 Å². The van der Waals surface area contributed by atoms with Crippen LogP contribution in [0.1, 0.15) is 11.5 Å². The van der Waals surface area contributed by atoms with E-state index in [9.17, 15) is 9.18 Å². The second-order valence-electron chi connectivity index (χ2n) is 4.03. The molecule has 0 aliphatic carbocycles. The first-order valence-corrected chi connectivity index (χ1v) is 5.69. The van der Waals surface area contributed by atoms with Crippen molar-refractivity contribution in [3.05, 3.63) is 47.7 Å². The van der Waals surface area contributed by atoms with E-state index in [1.807, 2.05) is 6.92 Å². The zero-order chi connectivity index (χ0) is 13.8. The van der Waals surface area contributed by atoms with Gasteiger partial charge in [-0.3, -0.25) is 5.32 Å². The lowest BCUT2D eigenvalue weighted by molar-refractivity contribution is 0.262. The molecule has 0 saturated heterocycles. The number of halogens is 1. The van der Waals surface area contributed by atoms with E-state index in [2.05, 4.69) is 20.6 Å². The van der Waals surface area contributed by atoms with Crippen molar-refractivity contribution in [3.63, 3.8) is 0 Å². The molecule has 19 heavy (non-hydrogen) atoms.